The number of esters is 1. The Kier molecular flexibility index (Phi) is 5.90. The van der Waals surface area contributed by atoms with Crippen LogP contribution in [0.5, 0.6) is 0 Å². The third kappa shape index (κ3) is 4.04. The van der Waals surface area contributed by atoms with E-state index < -0.39 is 0 Å². The normalized spacial score (nSPS) is 13.1. The van der Waals surface area contributed by atoms with Gasteiger partial charge in [0.25, 0.3) is 0 Å². The number of ether oxygens (including phenoxy) is 1. The molecule has 22 heavy (non-hydrogen) atoms. The smallest absolute Gasteiger partial charge is 0.313 e. The number of benzene rings is 2. The first-order chi connectivity index (χ1) is 10.8. The summed E-state index contributed by atoms with van der Waals surface area (Å²) in [4.78, 5) is 23.4. The van der Waals surface area contributed by atoms with E-state index in [1.54, 1.807) is 0 Å². The monoisotopic (exact) mass is 296 g/mol. The maximum absolute atomic E-state index is 12.0. The summed E-state index contributed by atoms with van der Waals surface area (Å²) in [6.45, 7) is 0. The molecule has 0 aliphatic carbocycles. The van der Waals surface area contributed by atoms with Crippen LogP contribution in [0.15, 0.2) is 60.7 Å². The molecule has 0 amide bonds. The number of carbonyl (C=O) groups is 2. The average Bonchev–Trinajstić information content (AvgIpc) is 2.60. The second-order valence-corrected chi connectivity index (χ2v) is 5.22. The van der Waals surface area contributed by atoms with Gasteiger partial charge in [-0.3, -0.25) is 4.79 Å². The van der Waals surface area contributed by atoms with Gasteiger partial charge in [-0.05, 0) is 24.0 Å². The van der Waals surface area contributed by atoms with Gasteiger partial charge in [-0.15, -0.1) is 0 Å². The Morgan fingerprint density at radius 3 is 2.00 bits per heavy atom. The summed E-state index contributed by atoms with van der Waals surface area (Å²) < 4.78 is 4.91. The van der Waals surface area contributed by atoms with E-state index in [-0.39, 0.29) is 17.8 Å². The molecule has 3 nitrogen and oxygen atoms in total. The summed E-state index contributed by atoms with van der Waals surface area (Å²) in [6, 6.07) is 19.2. The van der Waals surface area contributed by atoms with Gasteiger partial charge in [0.2, 0.25) is 0 Å². The molecule has 0 heterocycles. The quantitative estimate of drug-likeness (QED) is 0.578. The predicted molar refractivity (Wildman–Crippen MR) is 85.7 cm³/mol. The van der Waals surface area contributed by atoms with Gasteiger partial charge in [0.05, 0.1) is 13.0 Å². The third-order valence-corrected chi connectivity index (χ3v) is 3.85. The minimum atomic E-state index is -0.336. The van der Waals surface area contributed by atoms with Crippen LogP contribution in [0.1, 0.15) is 35.8 Å². The van der Waals surface area contributed by atoms with E-state index in [2.05, 4.69) is 0 Å². The Bertz CT molecular complexity index is 593. The van der Waals surface area contributed by atoms with Crippen molar-refractivity contribution < 1.29 is 14.3 Å². The lowest BCUT2D eigenvalue weighted by molar-refractivity contribution is -0.142. The number of hydrogen-bond acceptors (Lipinski definition) is 3. The van der Waals surface area contributed by atoms with Gasteiger partial charge in [0.15, 0.2) is 0 Å². The van der Waals surface area contributed by atoms with Crippen molar-refractivity contribution in [1.82, 2.24) is 0 Å². The highest BCUT2D eigenvalue weighted by Crippen LogP contribution is 2.28. The lowest BCUT2D eigenvalue weighted by atomic mass is 9.88. The van der Waals surface area contributed by atoms with Gasteiger partial charge in [0.1, 0.15) is 6.29 Å². The standard InChI is InChI=1S/C19H20O3/c1-22-19(21)18(16-10-6-3-7-11-16)13-12-17(14-20)15-8-4-2-5-9-15/h2-11,14,17-18H,12-13H2,1H3. The van der Waals surface area contributed by atoms with E-state index in [1.807, 2.05) is 60.7 Å². The highest BCUT2D eigenvalue weighted by Gasteiger charge is 2.23. The number of aldehydes is 1. The van der Waals surface area contributed by atoms with Crippen LogP contribution in [-0.2, 0) is 14.3 Å². The molecule has 0 aliphatic rings. The minimum absolute atomic E-state index is 0.197. The van der Waals surface area contributed by atoms with Crippen molar-refractivity contribution in [3.8, 4) is 0 Å². The second kappa shape index (κ2) is 8.13. The van der Waals surface area contributed by atoms with E-state index in [0.29, 0.717) is 12.8 Å². The van der Waals surface area contributed by atoms with Gasteiger partial charge in [0, 0.05) is 5.92 Å². The summed E-state index contributed by atoms with van der Waals surface area (Å²) in [5.74, 6) is -0.793. The maximum atomic E-state index is 12.0. The second-order valence-electron chi connectivity index (χ2n) is 5.22. The molecule has 2 unspecified atom stereocenters. The number of methoxy groups -OCH3 is 1. The van der Waals surface area contributed by atoms with Crippen molar-refractivity contribution in [3.05, 3.63) is 71.8 Å². The summed E-state index contributed by atoms with van der Waals surface area (Å²) in [7, 11) is 1.40. The topological polar surface area (TPSA) is 43.4 Å². The van der Waals surface area contributed by atoms with Crippen LogP contribution in [0.3, 0.4) is 0 Å². The number of hydrogen-bond donors (Lipinski definition) is 0. The summed E-state index contributed by atoms with van der Waals surface area (Å²) in [5.41, 5.74) is 1.90. The van der Waals surface area contributed by atoms with Crippen LogP contribution >= 0.6 is 0 Å². The molecule has 0 saturated carbocycles. The fraction of sp³-hybridized carbons (Fsp3) is 0.263. The lowest BCUT2D eigenvalue weighted by Gasteiger charge is -2.17. The Labute approximate surface area is 130 Å². The molecule has 0 fully saturated rings. The molecule has 2 aromatic carbocycles. The molecule has 0 radical (unpaired) electrons. The SMILES string of the molecule is COC(=O)C(CCC(C=O)c1ccccc1)c1ccccc1. The van der Waals surface area contributed by atoms with Gasteiger partial charge in [-0.25, -0.2) is 0 Å². The Morgan fingerprint density at radius 1 is 0.955 bits per heavy atom. The zero-order chi connectivity index (χ0) is 15.8. The molecule has 0 bridgehead atoms. The number of rotatable bonds is 7. The van der Waals surface area contributed by atoms with E-state index in [4.69, 9.17) is 4.74 Å². The van der Waals surface area contributed by atoms with E-state index in [9.17, 15) is 9.59 Å². The molecular formula is C19H20O3. The van der Waals surface area contributed by atoms with E-state index in [1.165, 1.54) is 7.11 Å². The third-order valence-electron chi connectivity index (χ3n) is 3.85. The van der Waals surface area contributed by atoms with Crippen LogP contribution < -0.4 is 0 Å². The molecule has 2 rings (SSSR count). The Hall–Kier alpha value is -2.42. The molecule has 0 saturated heterocycles. The average molecular weight is 296 g/mol. The van der Waals surface area contributed by atoms with Crippen LogP contribution in [0.2, 0.25) is 0 Å². The molecular weight excluding hydrogens is 276 g/mol. The van der Waals surface area contributed by atoms with E-state index in [0.717, 1.165) is 17.4 Å². The molecule has 0 spiro atoms. The largest absolute Gasteiger partial charge is 0.469 e. The first-order valence-electron chi connectivity index (χ1n) is 7.39. The van der Waals surface area contributed by atoms with Crippen molar-refractivity contribution in [2.75, 3.05) is 7.11 Å². The zero-order valence-corrected chi connectivity index (χ0v) is 12.6. The Balaban J connectivity index is 2.11. The van der Waals surface area contributed by atoms with Gasteiger partial charge >= 0.3 is 5.97 Å². The van der Waals surface area contributed by atoms with E-state index >= 15 is 0 Å². The highest BCUT2D eigenvalue weighted by molar-refractivity contribution is 5.78. The molecule has 2 atom stereocenters. The van der Waals surface area contributed by atoms with Crippen molar-refractivity contribution in [2.45, 2.75) is 24.7 Å². The first-order valence-corrected chi connectivity index (χ1v) is 7.39. The van der Waals surface area contributed by atoms with Crippen molar-refractivity contribution in [3.63, 3.8) is 0 Å². The van der Waals surface area contributed by atoms with Gasteiger partial charge < -0.3 is 9.53 Å². The molecule has 0 aliphatic heterocycles. The molecule has 3 heteroatoms. The van der Waals surface area contributed by atoms with Crippen molar-refractivity contribution in [1.29, 1.82) is 0 Å². The number of carbonyl (C=O) groups excluding carboxylic acids is 2. The van der Waals surface area contributed by atoms with Gasteiger partial charge in [-0.2, -0.15) is 0 Å². The first kappa shape index (κ1) is 16.0. The molecule has 114 valence electrons. The predicted octanol–water partition coefficient (Wildman–Crippen LogP) is 3.71. The fourth-order valence-corrected chi connectivity index (χ4v) is 2.61. The Morgan fingerprint density at radius 2 is 1.50 bits per heavy atom. The van der Waals surface area contributed by atoms with Gasteiger partial charge in [-0.1, -0.05) is 60.7 Å². The zero-order valence-electron chi connectivity index (χ0n) is 12.6. The molecule has 0 aromatic heterocycles. The van der Waals surface area contributed by atoms with Crippen LogP contribution in [0.4, 0.5) is 0 Å². The lowest BCUT2D eigenvalue weighted by Crippen LogP contribution is -2.15. The maximum Gasteiger partial charge on any atom is 0.313 e. The fourth-order valence-electron chi connectivity index (χ4n) is 2.61. The van der Waals surface area contributed by atoms with Crippen molar-refractivity contribution in [2.24, 2.45) is 0 Å². The van der Waals surface area contributed by atoms with Crippen LogP contribution in [0, 0.1) is 0 Å². The van der Waals surface area contributed by atoms with Crippen LogP contribution in [-0.4, -0.2) is 19.4 Å². The molecule has 0 N–H and O–H groups in total. The molecule has 2 aromatic rings. The minimum Gasteiger partial charge on any atom is -0.469 e. The van der Waals surface area contributed by atoms with Crippen molar-refractivity contribution >= 4 is 12.3 Å². The summed E-state index contributed by atoms with van der Waals surface area (Å²) in [5, 5.41) is 0. The highest BCUT2D eigenvalue weighted by atomic mass is 16.5. The summed E-state index contributed by atoms with van der Waals surface area (Å²) >= 11 is 0. The summed E-state index contributed by atoms with van der Waals surface area (Å²) in [6.07, 6.45) is 2.14. The van der Waals surface area contributed by atoms with Crippen LogP contribution in [0.25, 0.3) is 0 Å².